The van der Waals surface area contributed by atoms with Gasteiger partial charge in [-0.25, -0.2) is 17.2 Å². The lowest BCUT2D eigenvalue weighted by molar-refractivity contribution is -0.122. The third-order valence-corrected chi connectivity index (χ3v) is 6.70. The second-order valence-electron chi connectivity index (χ2n) is 6.51. The zero-order valence-electron chi connectivity index (χ0n) is 16.8. The molecule has 0 heterocycles. The summed E-state index contributed by atoms with van der Waals surface area (Å²) in [4.78, 5) is 25.5. The van der Waals surface area contributed by atoms with Crippen molar-refractivity contribution in [2.24, 2.45) is 5.73 Å². The summed E-state index contributed by atoms with van der Waals surface area (Å²) in [6.07, 6.45) is 0. The zero-order chi connectivity index (χ0) is 22.6. The molecule has 162 valence electrons. The van der Waals surface area contributed by atoms with Crippen LogP contribution in [-0.4, -0.2) is 49.6 Å². The van der Waals surface area contributed by atoms with Gasteiger partial charge in [-0.3, -0.25) is 9.59 Å². The van der Waals surface area contributed by atoms with Crippen LogP contribution in [0.4, 0.5) is 8.78 Å². The summed E-state index contributed by atoms with van der Waals surface area (Å²) in [7, 11) is -2.74. The number of primary amides is 1. The van der Waals surface area contributed by atoms with Crippen molar-refractivity contribution in [3.63, 3.8) is 0 Å². The van der Waals surface area contributed by atoms with E-state index in [-0.39, 0.29) is 23.5 Å². The fourth-order valence-electron chi connectivity index (χ4n) is 3.10. The number of likely N-dealkylation sites (N-methyl/N-ethyl adjacent to an activating group) is 1. The van der Waals surface area contributed by atoms with Gasteiger partial charge in [0.15, 0.2) is 0 Å². The number of benzene rings is 2. The lowest BCUT2D eigenvalue weighted by Gasteiger charge is -2.26. The largest absolute Gasteiger partial charge is 0.368 e. The van der Waals surface area contributed by atoms with Crippen LogP contribution in [0.15, 0.2) is 47.4 Å². The average molecular weight is 439 g/mol. The Kier molecular flexibility index (Phi) is 7.27. The van der Waals surface area contributed by atoms with Crippen LogP contribution in [0.1, 0.15) is 35.8 Å². The molecule has 0 spiro atoms. The van der Waals surface area contributed by atoms with Gasteiger partial charge < -0.3 is 10.6 Å². The number of halogens is 2. The second-order valence-corrected chi connectivity index (χ2v) is 8.44. The molecule has 30 heavy (non-hydrogen) atoms. The third kappa shape index (κ3) is 4.65. The molecule has 2 rings (SSSR count). The Bertz CT molecular complexity index is 1060. The summed E-state index contributed by atoms with van der Waals surface area (Å²) < 4.78 is 54.6. The monoisotopic (exact) mass is 439 g/mol. The van der Waals surface area contributed by atoms with E-state index in [0.29, 0.717) is 0 Å². The van der Waals surface area contributed by atoms with E-state index in [0.717, 1.165) is 39.5 Å². The Balaban J connectivity index is 2.50. The molecule has 0 bridgehead atoms. The molecular weight excluding hydrogens is 416 g/mol. The van der Waals surface area contributed by atoms with Gasteiger partial charge in [0.2, 0.25) is 15.9 Å². The first-order valence-electron chi connectivity index (χ1n) is 9.16. The topological polar surface area (TPSA) is 101 Å². The van der Waals surface area contributed by atoms with E-state index in [1.165, 1.54) is 19.2 Å². The third-order valence-electron chi connectivity index (χ3n) is 4.65. The smallest absolute Gasteiger partial charge is 0.257 e. The Morgan fingerprint density at radius 3 is 2.23 bits per heavy atom. The van der Waals surface area contributed by atoms with Crippen molar-refractivity contribution >= 4 is 21.8 Å². The molecule has 1 unspecified atom stereocenters. The molecule has 0 aliphatic carbocycles. The fraction of sp³-hybridized carbons (Fsp3) is 0.300. The highest BCUT2D eigenvalue weighted by atomic mass is 32.2. The molecule has 0 aliphatic heterocycles. The van der Waals surface area contributed by atoms with E-state index in [2.05, 4.69) is 0 Å². The highest BCUT2D eigenvalue weighted by Crippen LogP contribution is 2.25. The van der Waals surface area contributed by atoms with Crippen molar-refractivity contribution in [1.82, 2.24) is 9.21 Å². The summed E-state index contributed by atoms with van der Waals surface area (Å²) in [6, 6.07) is 6.43. The lowest BCUT2D eigenvalue weighted by atomic mass is 10.0. The minimum Gasteiger partial charge on any atom is -0.368 e. The molecule has 0 aliphatic rings. The van der Waals surface area contributed by atoms with Crippen molar-refractivity contribution in [2.75, 3.05) is 20.1 Å². The zero-order valence-corrected chi connectivity index (χ0v) is 17.6. The predicted octanol–water partition coefficient (Wildman–Crippen LogP) is 2.29. The predicted molar refractivity (Wildman–Crippen MR) is 107 cm³/mol. The van der Waals surface area contributed by atoms with Crippen molar-refractivity contribution in [3.05, 3.63) is 65.2 Å². The maximum atomic E-state index is 14.4. The van der Waals surface area contributed by atoms with Crippen LogP contribution < -0.4 is 5.73 Å². The van der Waals surface area contributed by atoms with Gasteiger partial charge in [0.25, 0.3) is 5.91 Å². The van der Waals surface area contributed by atoms with E-state index in [9.17, 15) is 26.8 Å². The van der Waals surface area contributed by atoms with Crippen molar-refractivity contribution in [2.45, 2.75) is 24.8 Å². The first-order chi connectivity index (χ1) is 14.0. The van der Waals surface area contributed by atoms with Crippen molar-refractivity contribution < 1.29 is 26.8 Å². The Morgan fingerprint density at radius 2 is 1.70 bits per heavy atom. The van der Waals surface area contributed by atoms with E-state index in [1.807, 2.05) is 0 Å². The van der Waals surface area contributed by atoms with E-state index in [4.69, 9.17) is 5.73 Å². The first-order valence-corrected chi connectivity index (χ1v) is 10.6. The van der Waals surface area contributed by atoms with Crippen LogP contribution in [0.2, 0.25) is 0 Å². The van der Waals surface area contributed by atoms with Gasteiger partial charge in [0.05, 0.1) is 10.5 Å². The molecule has 2 aromatic rings. The number of rotatable bonds is 8. The molecule has 0 fully saturated rings. The van der Waals surface area contributed by atoms with E-state index in [1.54, 1.807) is 13.8 Å². The van der Waals surface area contributed by atoms with Gasteiger partial charge in [0, 0.05) is 20.1 Å². The van der Waals surface area contributed by atoms with Gasteiger partial charge >= 0.3 is 0 Å². The summed E-state index contributed by atoms with van der Waals surface area (Å²) in [5.74, 6) is -3.54. The molecule has 0 aromatic heterocycles. The number of sulfonamides is 1. The van der Waals surface area contributed by atoms with Gasteiger partial charge in [-0.15, -0.1) is 0 Å². The fourth-order valence-corrected chi connectivity index (χ4v) is 4.59. The molecule has 1 atom stereocenters. The first kappa shape index (κ1) is 23.4. The molecule has 0 saturated heterocycles. The van der Waals surface area contributed by atoms with Gasteiger partial charge in [-0.2, -0.15) is 4.31 Å². The highest BCUT2D eigenvalue weighted by molar-refractivity contribution is 7.89. The molecule has 7 nitrogen and oxygen atoms in total. The number of amides is 2. The van der Waals surface area contributed by atoms with Crippen LogP contribution in [0.5, 0.6) is 0 Å². The highest BCUT2D eigenvalue weighted by Gasteiger charge is 2.31. The quantitative estimate of drug-likeness (QED) is 0.682. The molecule has 2 amide bonds. The number of nitrogens with zero attached hydrogens (tertiary/aromatic N) is 2. The normalized spacial score (nSPS) is 12.6. The van der Waals surface area contributed by atoms with E-state index < -0.39 is 45.1 Å². The Labute approximate surface area is 174 Å². The maximum Gasteiger partial charge on any atom is 0.257 e. The molecule has 2 N–H and O–H groups in total. The Hall–Kier alpha value is -2.85. The Morgan fingerprint density at radius 1 is 1.07 bits per heavy atom. The summed E-state index contributed by atoms with van der Waals surface area (Å²) in [5, 5.41) is 0. The van der Waals surface area contributed by atoms with Crippen molar-refractivity contribution in [1.29, 1.82) is 0 Å². The molecule has 0 radical (unpaired) electrons. The summed E-state index contributed by atoms with van der Waals surface area (Å²) >= 11 is 0. The van der Waals surface area contributed by atoms with Crippen LogP contribution >= 0.6 is 0 Å². The number of hydrogen-bond acceptors (Lipinski definition) is 4. The lowest BCUT2D eigenvalue weighted by Crippen LogP contribution is -2.39. The minimum absolute atomic E-state index is 0.102. The average Bonchev–Trinajstić information content (AvgIpc) is 2.68. The van der Waals surface area contributed by atoms with E-state index >= 15 is 0 Å². The number of hydrogen-bond donors (Lipinski definition) is 1. The standard InChI is InChI=1S/C20H23F2N3O4S/c1-4-25(5-2)30(28,29)15-9-10-17(22)16(12-15)20(27)24(3)18(19(23)26)13-7-6-8-14(21)11-13/h6-12,18H,4-5H2,1-3H3,(H2,23,26). The number of carbonyl (C=O) groups excluding carboxylic acids is 2. The molecule has 2 aromatic carbocycles. The SMILES string of the molecule is CCN(CC)S(=O)(=O)c1ccc(F)c(C(=O)N(C)C(C(N)=O)c2cccc(F)c2)c1. The molecular formula is C20H23F2N3O4S. The van der Waals surface area contributed by atoms with Crippen LogP contribution in [0.25, 0.3) is 0 Å². The van der Waals surface area contributed by atoms with Gasteiger partial charge in [0.1, 0.15) is 17.7 Å². The van der Waals surface area contributed by atoms with Crippen LogP contribution in [0, 0.1) is 11.6 Å². The van der Waals surface area contributed by atoms with Crippen LogP contribution in [0.3, 0.4) is 0 Å². The molecule has 10 heteroatoms. The van der Waals surface area contributed by atoms with Crippen LogP contribution in [-0.2, 0) is 14.8 Å². The maximum absolute atomic E-state index is 14.4. The van der Waals surface area contributed by atoms with Crippen molar-refractivity contribution in [3.8, 4) is 0 Å². The molecule has 0 saturated carbocycles. The number of nitrogens with two attached hydrogens (primary N) is 1. The summed E-state index contributed by atoms with van der Waals surface area (Å²) in [5.41, 5.74) is 4.95. The second kappa shape index (κ2) is 9.31. The summed E-state index contributed by atoms with van der Waals surface area (Å²) in [6.45, 7) is 3.70. The van der Waals surface area contributed by atoms with Gasteiger partial charge in [-0.1, -0.05) is 26.0 Å². The number of carbonyl (C=O) groups is 2. The minimum atomic E-state index is -3.94. The van der Waals surface area contributed by atoms with Gasteiger partial charge in [-0.05, 0) is 35.9 Å².